The molecule has 0 heterocycles. The third-order valence-corrected chi connectivity index (χ3v) is 2.11. The summed E-state index contributed by atoms with van der Waals surface area (Å²) in [6.45, 7) is 2.01. The Morgan fingerprint density at radius 3 is 2.47 bits per heavy atom. The zero-order valence-corrected chi connectivity index (χ0v) is 9.64. The summed E-state index contributed by atoms with van der Waals surface area (Å²) in [6.07, 6.45) is 1.60. The highest BCUT2D eigenvalue weighted by Gasteiger charge is 2.08. The first-order valence-corrected chi connectivity index (χ1v) is 5.37. The summed E-state index contributed by atoms with van der Waals surface area (Å²) in [7, 11) is 0. The zero-order chi connectivity index (χ0) is 12.7. The van der Waals surface area contributed by atoms with Gasteiger partial charge in [-0.3, -0.25) is 9.59 Å². The predicted molar refractivity (Wildman–Crippen MR) is 65.2 cm³/mol. The van der Waals surface area contributed by atoms with Crippen LogP contribution >= 0.6 is 0 Å². The van der Waals surface area contributed by atoms with Crippen LogP contribution in [0.4, 0.5) is 0 Å². The topological polar surface area (TPSA) is 84.6 Å². The number of primary amides is 1. The van der Waals surface area contributed by atoms with E-state index in [0.29, 0.717) is 6.42 Å². The molecule has 0 aromatic heterocycles. The first-order valence-electron chi connectivity index (χ1n) is 5.37. The van der Waals surface area contributed by atoms with E-state index in [2.05, 4.69) is 10.5 Å². The highest BCUT2D eigenvalue weighted by atomic mass is 16.2. The predicted octanol–water partition coefficient (Wildman–Crippen LogP) is 0.792. The van der Waals surface area contributed by atoms with Crippen LogP contribution in [0.1, 0.15) is 25.3 Å². The fraction of sp³-hybridized carbons (Fsp3) is 0.250. The molecule has 0 bridgehead atoms. The molecule has 0 saturated heterocycles. The molecule has 0 fully saturated rings. The monoisotopic (exact) mass is 233 g/mol. The van der Waals surface area contributed by atoms with Crippen molar-refractivity contribution >= 4 is 17.5 Å². The van der Waals surface area contributed by atoms with Gasteiger partial charge in [-0.2, -0.15) is 5.10 Å². The van der Waals surface area contributed by atoms with E-state index in [4.69, 9.17) is 5.73 Å². The van der Waals surface area contributed by atoms with Gasteiger partial charge in [-0.15, -0.1) is 0 Å². The maximum Gasteiger partial charge on any atom is 0.329 e. The maximum absolute atomic E-state index is 11.0. The number of nitrogens with zero attached hydrogens (tertiary/aromatic N) is 1. The molecule has 0 radical (unpaired) electrons. The van der Waals surface area contributed by atoms with E-state index < -0.39 is 11.8 Å². The molecule has 1 aromatic rings. The second-order valence-electron chi connectivity index (χ2n) is 3.48. The van der Waals surface area contributed by atoms with Gasteiger partial charge in [0, 0.05) is 0 Å². The van der Waals surface area contributed by atoms with Gasteiger partial charge in [0.1, 0.15) is 0 Å². The summed E-state index contributed by atoms with van der Waals surface area (Å²) in [5.41, 5.74) is 8.60. The van der Waals surface area contributed by atoms with Crippen LogP contribution in [0.15, 0.2) is 35.4 Å². The van der Waals surface area contributed by atoms with E-state index in [-0.39, 0.29) is 0 Å². The number of amides is 2. The van der Waals surface area contributed by atoms with Crippen molar-refractivity contribution in [3.8, 4) is 0 Å². The van der Waals surface area contributed by atoms with E-state index in [1.807, 2.05) is 37.3 Å². The van der Waals surface area contributed by atoms with Crippen LogP contribution in [0, 0.1) is 0 Å². The van der Waals surface area contributed by atoms with Crippen molar-refractivity contribution in [2.75, 3.05) is 0 Å². The number of rotatable bonds is 4. The van der Waals surface area contributed by atoms with E-state index >= 15 is 0 Å². The molecule has 0 saturated carbocycles. The quantitative estimate of drug-likeness (QED) is 0.458. The van der Waals surface area contributed by atoms with Gasteiger partial charge in [-0.05, 0) is 12.0 Å². The second kappa shape index (κ2) is 6.42. The van der Waals surface area contributed by atoms with Gasteiger partial charge < -0.3 is 5.73 Å². The highest BCUT2D eigenvalue weighted by Crippen LogP contribution is 2.05. The van der Waals surface area contributed by atoms with Crippen LogP contribution < -0.4 is 11.2 Å². The molecule has 17 heavy (non-hydrogen) atoms. The van der Waals surface area contributed by atoms with E-state index in [0.717, 1.165) is 17.7 Å². The molecule has 0 aliphatic carbocycles. The highest BCUT2D eigenvalue weighted by molar-refractivity contribution is 6.34. The summed E-state index contributed by atoms with van der Waals surface area (Å²) >= 11 is 0. The summed E-state index contributed by atoms with van der Waals surface area (Å²) in [5.74, 6) is -1.95. The van der Waals surface area contributed by atoms with Crippen molar-refractivity contribution in [2.24, 2.45) is 10.8 Å². The van der Waals surface area contributed by atoms with Crippen LogP contribution in [0.5, 0.6) is 0 Å². The maximum atomic E-state index is 11.0. The van der Waals surface area contributed by atoms with Crippen molar-refractivity contribution in [1.29, 1.82) is 0 Å². The van der Waals surface area contributed by atoms with Crippen LogP contribution in [0.25, 0.3) is 0 Å². The van der Waals surface area contributed by atoms with Crippen molar-refractivity contribution in [2.45, 2.75) is 19.8 Å². The molecule has 0 atom stereocenters. The SMILES string of the molecule is CCC/C(=N/NC(=O)C(N)=O)c1ccccc1. The zero-order valence-electron chi connectivity index (χ0n) is 9.64. The average molecular weight is 233 g/mol. The third kappa shape index (κ3) is 4.06. The van der Waals surface area contributed by atoms with Crippen LogP contribution in [0.3, 0.4) is 0 Å². The summed E-state index contributed by atoms with van der Waals surface area (Å²) in [5, 5.41) is 3.92. The fourth-order valence-corrected chi connectivity index (χ4v) is 1.31. The lowest BCUT2D eigenvalue weighted by atomic mass is 10.1. The van der Waals surface area contributed by atoms with Crippen molar-refractivity contribution < 1.29 is 9.59 Å². The molecule has 0 unspecified atom stereocenters. The van der Waals surface area contributed by atoms with Gasteiger partial charge in [0.15, 0.2) is 0 Å². The largest absolute Gasteiger partial charge is 0.361 e. The van der Waals surface area contributed by atoms with Gasteiger partial charge >= 0.3 is 11.8 Å². The Labute approximate surface area is 99.7 Å². The average Bonchev–Trinajstić information content (AvgIpc) is 2.35. The van der Waals surface area contributed by atoms with Gasteiger partial charge in [0.25, 0.3) is 0 Å². The number of hydrogen-bond donors (Lipinski definition) is 2. The Morgan fingerprint density at radius 1 is 1.29 bits per heavy atom. The molecule has 90 valence electrons. The number of benzene rings is 1. The lowest BCUT2D eigenvalue weighted by Crippen LogP contribution is -2.33. The number of hydrazone groups is 1. The Hall–Kier alpha value is -2.17. The number of carbonyl (C=O) groups is 2. The van der Waals surface area contributed by atoms with Crippen molar-refractivity contribution in [3.63, 3.8) is 0 Å². The molecular formula is C12H15N3O2. The number of nitrogens with one attached hydrogen (secondary N) is 1. The minimum Gasteiger partial charge on any atom is -0.361 e. The summed E-state index contributed by atoms with van der Waals surface area (Å²) in [4.78, 5) is 21.5. The van der Waals surface area contributed by atoms with Crippen LogP contribution in [0.2, 0.25) is 0 Å². The van der Waals surface area contributed by atoms with Crippen LogP contribution in [-0.4, -0.2) is 17.5 Å². The molecule has 0 aliphatic heterocycles. The second-order valence-corrected chi connectivity index (χ2v) is 3.48. The molecular weight excluding hydrogens is 218 g/mol. The lowest BCUT2D eigenvalue weighted by molar-refractivity contribution is -0.137. The molecule has 2 amide bonds. The van der Waals surface area contributed by atoms with Gasteiger partial charge in [-0.25, -0.2) is 5.43 Å². The Balaban J connectivity index is 2.83. The summed E-state index contributed by atoms with van der Waals surface area (Å²) < 4.78 is 0. The van der Waals surface area contributed by atoms with E-state index in [9.17, 15) is 9.59 Å². The third-order valence-electron chi connectivity index (χ3n) is 2.11. The lowest BCUT2D eigenvalue weighted by Gasteiger charge is -2.05. The number of carbonyl (C=O) groups excluding carboxylic acids is 2. The van der Waals surface area contributed by atoms with E-state index in [1.165, 1.54) is 0 Å². The Morgan fingerprint density at radius 2 is 1.94 bits per heavy atom. The Bertz CT molecular complexity index is 427. The number of hydrogen-bond acceptors (Lipinski definition) is 3. The molecule has 1 aromatic carbocycles. The normalized spacial score (nSPS) is 11.0. The first kappa shape index (κ1) is 12.9. The first-order chi connectivity index (χ1) is 8.15. The molecule has 5 heteroatoms. The fourth-order valence-electron chi connectivity index (χ4n) is 1.31. The molecule has 3 N–H and O–H groups in total. The minimum absolute atomic E-state index is 0.711. The van der Waals surface area contributed by atoms with Crippen molar-refractivity contribution in [3.05, 3.63) is 35.9 Å². The van der Waals surface area contributed by atoms with Gasteiger partial charge in [0.2, 0.25) is 0 Å². The molecule has 5 nitrogen and oxygen atoms in total. The Kier molecular flexibility index (Phi) is 4.87. The molecule has 0 spiro atoms. The van der Waals surface area contributed by atoms with Crippen LogP contribution in [-0.2, 0) is 9.59 Å². The minimum atomic E-state index is -1.04. The number of nitrogens with two attached hydrogens (primary N) is 1. The van der Waals surface area contributed by atoms with E-state index in [1.54, 1.807) is 0 Å². The standard InChI is InChI=1S/C12H15N3O2/c1-2-6-10(9-7-4-3-5-8-9)14-15-12(17)11(13)16/h3-5,7-8H,2,6H2,1H3,(H2,13,16)(H,15,17)/b14-10-. The van der Waals surface area contributed by atoms with Gasteiger partial charge in [0.05, 0.1) is 5.71 Å². The molecule has 1 rings (SSSR count). The molecule has 0 aliphatic rings. The smallest absolute Gasteiger partial charge is 0.329 e. The van der Waals surface area contributed by atoms with Crippen molar-refractivity contribution in [1.82, 2.24) is 5.43 Å². The summed E-state index contributed by atoms with van der Waals surface area (Å²) in [6, 6.07) is 9.46. The van der Waals surface area contributed by atoms with Gasteiger partial charge in [-0.1, -0.05) is 43.7 Å².